The van der Waals surface area contributed by atoms with E-state index >= 15 is 0 Å². The fourth-order valence-electron chi connectivity index (χ4n) is 6.00. The van der Waals surface area contributed by atoms with Crippen LogP contribution in [0.3, 0.4) is 0 Å². The van der Waals surface area contributed by atoms with Crippen LogP contribution in [0.2, 0.25) is 0 Å². The monoisotopic (exact) mass is 742 g/mol. The third-order valence-electron chi connectivity index (χ3n) is 8.96. The van der Waals surface area contributed by atoms with Gasteiger partial charge in [0.2, 0.25) is 23.8 Å². The summed E-state index contributed by atoms with van der Waals surface area (Å²) in [7, 11) is 0. The minimum Gasteiger partial charge on any atom is -0.508 e. The molecule has 1 aromatic heterocycles. The van der Waals surface area contributed by atoms with E-state index in [-0.39, 0.29) is 28.4 Å². The van der Waals surface area contributed by atoms with E-state index in [0.717, 1.165) is 12.1 Å². The van der Waals surface area contributed by atoms with Crippen LogP contribution in [0.1, 0.15) is 0 Å². The number of aliphatic hydroxyl groups excluding tert-OH is 10. The van der Waals surface area contributed by atoms with Crippen LogP contribution in [0.4, 0.5) is 0 Å². The quantitative estimate of drug-likeness (QED) is 0.0934. The first-order valence-electron chi connectivity index (χ1n) is 15.9. The summed E-state index contributed by atoms with van der Waals surface area (Å²) >= 11 is 0. The lowest BCUT2D eigenvalue weighted by molar-refractivity contribution is -0.323. The largest absolute Gasteiger partial charge is 0.508 e. The Morgan fingerprint density at radius 3 is 1.77 bits per heavy atom. The Hall–Kier alpha value is -3.71. The van der Waals surface area contributed by atoms with E-state index in [1.165, 1.54) is 24.3 Å². The number of phenolic OH excluding ortho intramolecular Hbond substituents is 2. The number of hydrogen-bond donors (Lipinski definition) is 12. The molecule has 3 fully saturated rings. The topological polar surface area (TPSA) is 328 Å². The summed E-state index contributed by atoms with van der Waals surface area (Å²) in [5.74, 6) is -2.09. The number of aliphatic hydroxyl groups is 10. The lowest BCUT2D eigenvalue weighted by Gasteiger charge is -2.42. The highest BCUT2D eigenvalue weighted by atomic mass is 16.7. The molecule has 0 radical (unpaired) electrons. The van der Waals surface area contributed by atoms with Gasteiger partial charge in [-0.3, -0.25) is 4.79 Å². The van der Waals surface area contributed by atoms with Gasteiger partial charge in [0.1, 0.15) is 95.4 Å². The zero-order valence-electron chi connectivity index (χ0n) is 26.8. The van der Waals surface area contributed by atoms with Crippen LogP contribution in [0.15, 0.2) is 45.6 Å². The molecule has 14 atom stereocenters. The molecule has 0 bridgehead atoms. The van der Waals surface area contributed by atoms with Crippen molar-refractivity contribution in [3.8, 4) is 34.3 Å². The maximum Gasteiger partial charge on any atom is 0.239 e. The molecule has 0 amide bonds. The van der Waals surface area contributed by atoms with E-state index in [1.807, 2.05) is 0 Å². The lowest BCUT2D eigenvalue weighted by atomic mass is 9.98. The van der Waals surface area contributed by atoms with Crippen molar-refractivity contribution in [3.63, 3.8) is 0 Å². The number of benzene rings is 2. The normalized spacial score (nSPS) is 36.6. The van der Waals surface area contributed by atoms with Gasteiger partial charge in [-0.2, -0.15) is 0 Å². The van der Waals surface area contributed by atoms with Crippen LogP contribution >= 0.6 is 0 Å². The summed E-state index contributed by atoms with van der Waals surface area (Å²) < 4.78 is 39.0. The molecule has 0 spiro atoms. The number of ether oxygens (including phenoxy) is 6. The molecule has 2 aromatic carbocycles. The van der Waals surface area contributed by atoms with E-state index in [1.54, 1.807) is 0 Å². The summed E-state index contributed by atoms with van der Waals surface area (Å²) in [6, 6.07) is 7.29. The fraction of sp³-hybridized carbons (Fsp3) is 0.531. The Bertz CT molecular complexity index is 1750. The molecule has 20 heteroatoms. The van der Waals surface area contributed by atoms with Crippen molar-refractivity contribution < 1.29 is 94.1 Å². The highest BCUT2D eigenvalue weighted by Gasteiger charge is 2.48. The van der Waals surface area contributed by atoms with Crippen LogP contribution in [0.25, 0.3) is 22.3 Å². The molecule has 14 unspecified atom stereocenters. The lowest BCUT2D eigenvalue weighted by Crippen LogP contribution is -2.62. The van der Waals surface area contributed by atoms with E-state index in [2.05, 4.69) is 0 Å². The molecular weight excluding hydrogens is 704 g/mol. The summed E-state index contributed by atoms with van der Waals surface area (Å²) in [5.41, 5.74) is -1.21. The Balaban J connectivity index is 1.31. The first-order chi connectivity index (χ1) is 24.7. The molecule has 12 N–H and O–H groups in total. The Morgan fingerprint density at radius 2 is 1.13 bits per heavy atom. The number of aromatic hydroxyl groups is 2. The maximum absolute atomic E-state index is 14.0. The van der Waals surface area contributed by atoms with Gasteiger partial charge in [-0.15, -0.1) is 0 Å². The summed E-state index contributed by atoms with van der Waals surface area (Å²) in [6.45, 7) is -2.07. The first kappa shape index (κ1) is 38.0. The van der Waals surface area contributed by atoms with Crippen molar-refractivity contribution in [2.45, 2.75) is 86.0 Å². The van der Waals surface area contributed by atoms with Crippen LogP contribution in [0, 0.1) is 0 Å². The molecule has 3 aliphatic heterocycles. The average molecular weight is 743 g/mol. The van der Waals surface area contributed by atoms with Crippen molar-refractivity contribution in [1.29, 1.82) is 0 Å². The minimum absolute atomic E-state index is 0.120. The predicted octanol–water partition coefficient (Wildman–Crippen LogP) is -4.31. The van der Waals surface area contributed by atoms with Gasteiger partial charge in [0, 0.05) is 17.7 Å². The smallest absolute Gasteiger partial charge is 0.239 e. The van der Waals surface area contributed by atoms with E-state index in [4.69, 9.17) is 32.8 Å². The summed E-state index contributed by atoms with van der Waals surface area (Å²) in [6.07, 6.45) is -23.3. The van der Waals surface area contributed by atoms with Crippen LogP contribution < -0.4 is 14.9 Å². The molecule has 3 aliphatic rings. The highest BCUT2D eigenvalue weighted by Crippen LogP contribution is 2.39. The highest BCUT2D eigenvalue weighted by molar-refractivity contribution is 5.88. The zero-order valence-corrected chi connectivity index (χ0v) is 26.8. The molecule has 20 nitrogen and oxygen atoms in total. The maximum atomic E-state index is 14.0. The molecule has 0 aliphatic carbocycles. The predicted molar refractivity (Wildman–Crippen MR) is 167 cm³/mol. The summed E-state index contributed by atoms with van der Waals surface area (Å²) in [4.78, 5) is 14.0. The van der Waals surface area contributed by atoms with Gasteiger partial charge in [0.15, 0.2) is 12.1 Å². The van der Waals surface area contributed by atoms with E-state index in [9.17, 15) is 66.1 Å². The molecule has 6 rings (SSSR count). The zero-order chi connectivity index (χ0) is 37.6. The van der Waals surface area contributed by atoms with Crippen LogP contribution in [-0.2, 0) is 18.9 Å². The van der Waals surface area contributed by atoms with Gasteiger partial charge in [0.25, 0.3) is 0 Å². The molecular formula is C32H38O20. The Morgan fingerprint density at radius 1 is 0.615 bits per heavy atom. The SMILES string of the molecule is O=c1c(OC2OC(COC3OC(CO)C(O)C(O)C3O)C(O)C(O)C2O)c(-c2ccc(O)cc2)oc2cc(OC3OC(CO)C(O)C3O)cc(O)c12. The second kappa shape index (κ2) is 15.3. The van der Waals surface area contributed by atoms with Gasteiger partial charge >= 0.3 is 0 Å². The van der Waals surface area contributed by atoms with Gasteiger partial charge in [-0.25, -0.2) is 0 Å². The van der Waals surface area contributed by atoms with Gasteiger partial charge in [0.05, 0.1) is 19.8 Å². The van der Waals surface area contributed by atoms with Crippen molar-refractivity contribution in [2.75, 3.05) is 19.8 Å². The Labute approximate surface area is 292 Å². The first-order valence-corrected chi connectivity index (χ1v) is 15.9. The molecule has 3 saturated heterocycles. The Kier molecular flexibility index (Phi) is 11.2. The van der Waals surface area contributed by atoms with Crippen molar-refractivity contribution in [2.24, 2.45) is 0 Å². The minimum atomic E-state index is -2.01. The molecule has 286 valence electrons. The fourth-order valence-corrected chi connectivity index (χ4v) is 6.00. The van der Waals surface area contributed by atoms with E-state index < -0.39 is 128 Å². The van der Waals surface area contributed by atoms with Gasteiger partial charge in [-0.1, -0.05) is 0 Å². The third-order valence-corrected chi connectivity index (χ3v) is 8.96. The van der Waals surface area contributed by atoms with Crippen molar-refractivity contribution in [3.05, 3.63) is 46.6 Å². The van der Waals surface area contributed by atoms with Gasteiger partial charge < -0.3 is 94.1 Å². The average Bonchev–Trinajstić information content (AvgIpc) is 3.39. The van der Waals surface area contributed by atoms with Crippen LogP contribution in [0.5, 0.6) is 23.0 Å². The number of rotatable bonds is 10. The summed E-state index contributed by atoms with van der Waals surface area (Å²) in [5, 5.41) is 122. The molecule has 0 saturated carbocycles. The van der Waals surface area contributed by atoms with Crippen molar-refractivity contribution >= 4 is 11.0 Å². The van der Waals surface area contributed by atoms with Crippen LogP contribution in [-0.4, -0.2) is 167 Å². The molecule has 4 heterocycles. The van der Waals surface area contributed by atoms with E-state index in [0.29, 0.717) is 0 Å². The molecule has 52 heavy (non-hydrogen) atoms. The molecule has 3 aromatic rings. The standard InChI is InChI=1S/C32H38O20/c33-7-15-19(37)23(41)26(44)30(49-15)46-9-17-21(39)24(42)27(45)32(51-17)52-29-22(40)18-13(36)5-12(47-31-25(43)20(38)16(8-34)50-31)6-14(18)48-28(29)10-1-3-11(35)4-2-10/h1-6,15-17,19-21,23-27,30-39,41-45H,7-9H2. The van der Waals surface area contributed by atoms with Gasteiger partial charge in [-0.05, 0) is 24.3 Å². The van der Waals surface area contributed by atoms with Crippen molar-refractivity contribution in [1.82, 2.24) is 0 Å². The second-order valence-corrected chi connectivity index (χ2v) is 12.4. The third kappa shape index (κ3) is 7.14. The number of hydrogen-bond acceptors (Lipinski definition) is 20. The number of phenols is 2. The number of fused-ring (bicyclic) bond motifs is 1. The second-order valence-electron chi connectivity index (χ2n) is 12.4.